The lowest BCUT2D eigenvalue weighted by Crippen LogP contribution is -2.57. The summed E-state index contributed by atoms with van der Waals surface area (Å²) in [4.78, 5) is 0. The summed E-state index contributed by atoms with van der Waals surface area (Å²) in [6, 6.07) is 0. The fourth-order valence-electron chi connectivity index (χ4n) is 0. The molecule has 0 heterocycles. The third kappa shape index (κ3) is 198. The van der Waals surface area contributed by atoms with E-state index in [0.29, 0.717) is 6.42 Å². The second-order valence-corrected chi connectivity index (χ2v) is 1.47. The standard InChI is InChI=1S/C3H11N3.7CH4.3ClH/c1-2-3(4,5)6;;;;;;;;;;/h2,4-6H2,1H3;7*1H4;3*1H. The number of halogens is 3. The van der Waals surface area contributed by atoms with Gasteiger partial charge in [0.05, 0.1) is 0 Å². The van der Waals surface area contributed by atoms with Crippen LogP contribution in [0.15, 0.2) is 0 Å². The predicted octanol–water partition coefficient (Wildman–Crippen LogP) is 4.64. The van der Waals surface area contributed by atoms with Gasteiger partial charge in [-0.15, -0.1) is 37.2 Å². The van der Waals surface area contributed by atoms with E-state index in [1.54, 1.807) is 0 Å². The van der Waals surface area contributed by atoms with Crippen LogP contribution in [0.3, 0.4) is 0 Å². The average Bonchev–Trinajstić information content (AvgIpc) is 1.35. The van der Waals surface area contributed by atoms with Crippen LogP contribution in [0, 0.1) is 0 Å². The fourth-order valence-corrected chi connectivity index (χ4v) is 0. The summed E-state index contributed by atoms with van der Waals surface area (Å²) in [6.07, 6.45) is 0.604. The van der Waals surface area contributed by atoms with Gasteiger partial charge in [-0.25, -0.2) is 0 Å². The van der Waals surface area contributed by atoms with Gasteiger partial charge in [0.1, 0.15) is 5.79 Å². The number of rotatable bonds is 1. The van der Waals surface area contributed by atoms with Gasteiger partial charge >= 0.3 is 0 Å². The summed E-state index contributed by atoms with van der Waals surface area (Å²) in [5.41, 5.74) is 15.3. The number of nitrogens with two attached hydrogens (primary N) is 3. The van der Waals surface area contributed by atoms with Crippen LogP contribution in [-0.2, 0) is 0 Å². The lowest BCUT2D eigenvalue weighted by atomic mass is 10.3. The molecule has 0 aromatic heterocycles. The van der Waals surface area contributed by atoms with E-state index in [1.165, 1.54) is 0 Å². The lowest BCUT2D eigenvalue weighted by molar-refractivity contribution is 0.446. The maximum absolute atomic E-state index is 5.09. The van der Waals surface area contributed by atoms with Crippen LogP contribution < -0.4 is 17.2 Å². The van der Waals surface area contributed by atoms with Crippen molar-refractivity contribution >= 4 is 37.2 Å². The highest BCUT2D eigenvalue weighted by molar-refractivity contribution is 5.86. The Morgan fingerprint density at radius 2 is 0.688 bits per heavy atom. The Morgan fingerprint density at radius 3 is 0.688 bits per heavy atom. The van der Waals surface area contributed by atoms with E-state index in [9.17, 15) is 0 Å². The van der Waals surface area contributed by atoms with Gasteiger partial charge in [-0.05, 0) is 6.42 Å². The molecule has 0 atom stereocenters. The molecule has 6 N–H and O–H groups in total. The molecule has 0 fully saturated rings. The number of hydrogen-bond donors (Lipinski definition) is 3. The molecule has 0 aliphatic rings. The van der Waals surface area contributed by atoms with Crippen molar-refractivity contribution in [3.8, 4) is 0 Å². The van der Waals surface area contributed by atoms with Crippen molar-refractivity contribution in [2.75, 3.05) is 0 Å². The van der Waals surface area contributed by atoms with Crippen LogP contribution in [0.5, 0.6) is 0 Å². The largest absolute Gasteiger partial charge is 0.301 e. The molecule has 0 amide bonds. The molecule has 118 valence electrons. The summed E-state index contributed by atoms with van der Waals surface area (Å²) < 4.78 is 0. The second-order valence-electron chi connectivity index (χ2n) is 1.47. The van der Waals surface area contributed by atoms with Gasteiger partial charge in [-0.2, -0.15) is 0 Å². The van der Waals surface area contributed by atoms with Crippen LogP contribution in [0.4, 0.5) is 0 Å². The van der Waals surface area contributed by atoms with E-state index in [4.69, 9.17) is 17.2 Å². The monoisotopic (exact) mass is 309 g/mol. The molecule has 0 radical (unpaired) electrons. The summed E-state index contributed by atoms with van der Waals surface area (Å²) in [5.74, 6) is -0.958. The molecule has 0 aliphatic carbocycles. The predicted molar refractivity (Wildman–Crippen MR) is 94.4 cm³/mol. The molecule has 0 saturated carbocycles. The van der Waals surface area contributed by atoms with Crippen LogP contribution in [0.25, 0.3) is 0 Å². The molecular formula is C10H42Cl3N3. The van der Waals surface area contributed by atoms with E-state index in [-0.39, 0.29) is 89.2 Å². The van der Waals surface area contributed by atoms with Crippen LogP contribution >= 0.6 is 37.2 Å². The second kappa shape index (κ2) is 57.1. The van der Waals surface area contributed by atoms with E-state index in [1.807, 2.05) is 6.92 Å². The van der Waals surface area contributed by atoms with Crippen molar-refractivity contribution < 1.29 is 0 Å². The molecule has 16 heavy (non-hydrogen) atoms. The Bertz CT molecular complexity index is 51.1. The molecule has 0 rings (SSSR count). The van der Waals surface area contributed by atoms with Crippen molar-refractivity contribution in [1.29, 1.82) is 0 Å². The molecule has 0 bridgehead atoms. The minimum Gasteiger partial charge on any atom is -0.301 e. The van der Waals surface area contributed by atoms with E-state index in [2.05, 4.69) is 0 Å². The maximum Gasteiger partial charge on any atom is 0.115 e. The summed E-state index contributed by atoms with van der Waals surface area (Å²) in [5, 5.41) is 0. The molecule has 6 heteroatoms. The van der Waals surface area contributed by atoms with E-state index in [0.717, 1.165) is 0 Å². The highest BCUT2D eigenvalue weighted by atomic mass is 35.5. The zero-order chi connectivity index (χ0) is 5.21. The summed E-state index contributed by atoms with van der Waals surface area (Å²) in [6.45, 7) is 1.83. The molecule has 0 aromatic rings. The molecule has 0 aliphatic heterocycles. The van der Waals surface area contributed by atoms with Crippen LogP contribution in [-0.4, -0.2) is 5.79 Å². The first-order valence-electron chi connectivity index (χ1n) is 1.93. The highest BCUT2D eigenvalue weighted by Crippen LogP contribution is 1.81. The zero-order valence-corrected chi connectivity index (χ0v) is 7.61. The Balaban J connectivity index is -0.00000000278. The van der Waals surface area contributed by atoms with Gasteiger partial charge < -0.3 is 17.2 Å². The van der Waals surface area contributed by atoms with Gasteiger partial charge in [0.15, 0.2) is 0 Å². The fraction of sp³-hybridized carbons (Fsp3) is 1.00. The zero-order valence-electron chi connectivity index (χ0n) is 5.16. The van der Waals surface area contributed by atoms with E-state index >= 15 is 0 Å². The Labute approximate surface area is 126 Å². The highest BCUT2D eigenvalue weighted by Gasteiger charge is 2.04. The lowest BCUT2D eigenvalue weighted by Gasteiger charge is -2.13. The van der Waals surface area contributed by atoms with Crippen molar-refractivity contribution in [3.05, 3.63) is 0 Å². The van der Waals surface area contributed by atoms with Gasteiger partial charge in [-0.1, -0.05) is 58.9 Å². The molecule has 0 aromatic carbocycles. The van der Waals surface area contributed by atoms with Crippen LogP contribution in [0.1, 0.15) is 65.3 Å². The third-order valence-corrected chi connectivity index (χ3v) is 0.612. The summed E-state index contributed by atoms with van der Waals surface area (Å²) >= 11 is 0. The average molecular weight is 311 g/mol. The van der Waals surface area contributed by atoms with Crippen molar-refractivity contribution in [2.24, 2.45) is 17.2 Å². The first-order valence-corrected chi connectivity index (χ1v) is 1.93. The molecular weight excluding hydrogens is 268 g/mol. The Hall–Kier alpha value is 0.750. The van der Waals surface area contributed by atoms with Gasteiger partial charge in [0.25, 0.3) is 0 Å². The van der Waals surface area contributed by atoms with Crippen LogP contribution in [0.2, 0.25) is 0 Å². The minimum atomic E-state index is -0.958. The molecule has 0 saturated heterocycles. The topological polar surface area (TPSA) is 78.1 Å². The smallest absolute Gasteiger partial charge is 0.115 e. The van der Waals surface area contributed by atoms with Gasteiger partial charge in [0, 0.05) is 0 Å². The van der Waals surface area contributed by atoms with Crippen molar-refractivity contribution in [1.82, 2.24) is 0 Å². The Kier molecular flexibility index (Phi) is 448. The molecule has 3 nitrogen and oxygen atoms in total. The van der Waals surface area contributed by atoms with Crippen molar-refractivity contribution in [2.45, 2.75) is 71.1 Å². The maximum atomic E-state index is 5.09. The van der Waals surface area contributed by atoms with Gasteiger partial charge in [-0.3, -0.25) is 0 Å². The first kappa shape index (κ1) is 126. The normalized spacial score (nSPS) is 4.50. The molecule has 0 unspecified atom stereocenters. The van der Waals surface area contributed by atoms with Crippen molar-refractivity contribution in [3.63, 3.8) is 0 Å². The third-order valence-electron chi connectivity index (χ3n) is 0.612. The quantitative estimate of drug-likeness (QED) is 0.617. The van der Waals surface area contributed by atoms with Gasteiger partial charge in [0.2, 0.25) is 0 Å². The first-order chi connectivity index (χ1) is 2.56. The minimum absolute atomic E-state index is 0. The SMILES string of the molecule is C.C.C.C.C.C.C.CCC(N)(N)N.Cl.Cl.Cl. The summed E-state index contributed by atoms with van der Waals surface area (Å²) in [7, 11) is 0. The molecule has 0 spiro atoms. The number of hydrogen-bond acceptors (Lipinski definition) is 3. The van der Waals surface area contributed by atoms with E-state index < -0.39 is 5.79 Å². The Morgan fingerprint density at radius 1 is 0.625 bits per heavy atom.